The van der Waals surface area contributed by atoms with Gasteiger partial charge in [0.15, 0.2) is 0 Å². The molecule has 2 nitrogen and oxygen atoms in total. The predicted molar refractivity (Wildman–Crippen MR) is 77.9 cm³/mol. The van der Waals surface area contributed by atoms with E-state index in [1.165, 1.54) is 0 Å². The highest BCUT2D eigenvalue weighted by atomic mass is 79.9. The molecule has 0 aromatic heterocycles. The van der Waals surface area contributed by atoms with E-state index in [0.717, 1.165) is 27.7 Å². The molecule has 0 saturated heterocycles. The minimum atomic E-state index is -0.881. The zero-order valence-electron chi connectivity index (χ0n) is 10.9. The zero-order chi connectivity index (χ0) is 14.9. The van der Waals surface area contributed by atoms with Gasteiger partial charge < -0.3 is 5.32 Å². The van der Waals surface area contributed by atoms with Crippen molar-refractivity contribution in [1.29, 1.82) is 0 Å². The van der Waals surface area contributed by atoms with Crippen molar-refractivity contribution < 1.29 is 13.6 Å². The van der Waals surface area contributed by atoms with Crippen LogP contribution in [0, 0.1) is 25.5 Å². The normalized spacial score (nSPS) is 10.4. The van der Waals surface area contributed by atoms with E-state index >= 15 is 0 Å². The molecule has 2 aromatic carbocycles. The smallest absolute Gasteiger partial charge is 0.258 e. The summed E-state index contributed by atoms with van der Waals surface area (Å²) in [6.45, 7) is 3.79. The van der Waals surface area contributed by atoms with Crippen LogP contribution in [0.3, 0.4) is 0 Å². The van der Waals surface area contributed by atoms with Gasteiger partial charge in [0, 0.05) is 16.2 Å². The Bertz CT molecular complexity index is 663. The number of halogens is 3. The molecule has 0 heterocycles. The summed E-state index contributed by atoms with van der Waals surface area (Å²) in [5.41, 5.74) is 2.29. The van der Waals surface area contributed by atoms with Crippen molar-refractivity contribution in [3.63, 3.8) is 0 Å². The van der Waals surface area contributed by atoms with Crippen LogP contribution in [0.25, 0.3) is 0 Å². The fraction of sp³-hybridized carbons (Fsp3) is 0.133. The van der Waals surface area contributed by atoms with Crippen LogP contribution in [-0.4, -0.2) is 5.91 Å². The topological polar surface area (TPSA) is 29.1 Å². The van der Waals surface area contributed by atoms with Crippen molar-refractivity contribution in [2.24, 2.45) is 0 Å². The summed E-state index contributed by atoms with van der Waals surface area (Å²) in [5.74, 6) is -2.20. The van der Waals surface area contributed by atoms with Crippen LogP contribution in [-0.2, 0) is 0 Å². The average molecular weight is 340 g/mol. The Morgan fingerprint density at radius 3 is 2.25 bits per heavy atom. The van der Waals surface area contributed by atoms with Crippen LogP contribution in [0.15, 0.2) is 34.8 Å². The molecular weight excluding hydrogens is 328 g/mol. The summed E-state index contributed by atoms with van der Waals surface area (Å²) in [4.78, 5) is 12.0. The van der Waals surface area contributed by atoms with E-state index in [0.29, 0.717) is 11.8 Å². The van der Waals surface area contributed by atoms with E-state index in [2.05, 4.69) is 21.2 Å². The number of aryl methyl sites for hydroxylation is 2. The summed E-state index contributed by atoms with van der Waals surface area (Å²) in [5, 5.41) is 2.61. The number of hydrogen-bond acceptors (Lipinski definition) is 1. The maximum atomic E-state index is 13.5. The lowest BCUT2D eigenvalue weighted by atomic mass is 10.1. The number of anilines is 1. The van der Waals surface area contributed by atoms with Gasteiger partial charge >= 0.3 is 0 Å². The number of nitrogens with one attached hydrogen (secondary N) is 1. The summed E-state index contributed by atoms with van der Waals surface area (Å²) >= 11 is 3.43. The van der Waals surface area contributed by atoms with Crippen molar-refractivity contribution in [2.75, 3.05) is 5.32 Å². The molecule has 0 unspecified atom stereocenters. The number of carbonyl (C=O) groups excluding carboxylic acids is 1. The number of carbonyl (C=O) groups is 1. The van der Waals surface area contributed by atoms with Gasteiger partial charge in [-0.1, -0.05) is 15.9 Å². The molecule has 0 aliphatic heterocycles. The van der Waals surface area contributed by atoms with Gasteiger partial charge in [-0.3, -0.25) is 4.79 Å². The minimum Gasteiger partial charge on any atom is -0.322 e. The fourth-order valence-electron chi connectivity index (χ4n) is 1.89. The molecule has 2 rings (SSSR count). The molecule has 5 heteroatoms. The van der Waals surface area contributed by atoms with E-state index in [-0.39, 0.29) is 5.56 Å². The Kier molecular flexibility index (Phi) is 4.18. The van der Waals surface area contributed by atoms with Crippen molar-refractivity contribution in [2.45, 2.75) is 13.8 Å². The van der Waals surface area contributed by atoms with Crippen LogP contribution in [0.4, 0.5) is 14.5 Å². The molecule has 0 aliphatic carbocycles. The molecule has 0 fully saturated rings. The third-order valence-electron chi connectivity index (χ3n) is 2.87. The Hall–Kier alpha value is -1.75. The van der Waals surface area contributed by atoms with Gasteiger partial charge in [-0.05, 0) is 49.2 Å². The quantitative estimate of drug-likeness (QED) is 0.851. The van der Waals surface area contributed by atoms with Crippen LogP contribution >= 0.6 is 15.9 Å². The standard InChI is InChI=1S/C15H12BrF2NO/c1-8-5-11(6-9(2)14(8)16)19-15(20)12-4-3-10(17)7-13(12)18/h3-7H,1-2H3,(H,19,20). The maximum Gasteiger partial charge on any atom is 0.258 e. The van der Waals surface area contributed by atoms with Crippen LogP contribution in [0.5, 0.6) is 0 Å². The largest absolute Gasteiger partial charge is 0.322 e. The first-order chi connectivity index (χ1) is 9.38. The maximum absolute atomic E-state index is 13.5. The van der Waals surface area contributed by atoms with Crippen molar-refractivity contribution in [3.8, 4) is 0 Å². The highest BCUT2D eigenvalue weighted by Gasteiger charge is 2.13. The van der Waals surface area contributed by atoms with Crippen LogP contribution < -0.4 is 5.32 Å². The van der Waals surface area contributed by atoms with Gasteiger partial charge in [0.05, 0.1) is 5.56 Å². The van der Waals surface area contributed by atoms with E-state index in [4.69, 9.17) is 0 Å². The fourth-order valence-corrected chi connectivity index (χ4v) is 2.12. The Morgan fingerprint density at radius 1 is 1.10 bits per heavy atom. The minimum absolute atomic E-state index is 0.190. The zero-order valence-corrected chi connectivity index (χ0v) is 12.5. The highest BCUT2D eigenvalue weighted by Crippen LogP contribution is 2.25. The number of amides is 1. The third-order valence-corrected chi connectivity index (χ3v) is 4.12. The lowest BCUT2D eigenvalue weighted by Crippen LogP contribution is -2.14. The summed E-state index contributed by atoms with van der Waals surface area (Å²) in [6.07, 6.45) is 0. The Morgan fingerprint density at radius 2 is 1.70 bits per heavy atom. The van der Waals surface area contributed by atoms with Crippen LogP contribution in [0.1, 0.15) is 21.5 Å². The molecule has 0 bridgehead atoms. The Balaban J connectivity index is 2.28. The second-order valence-corrected chi connectivity index (χ2v) is 5.30. The van der Waals surface area contributed by atoms with Crippen molar-refractivity contribution >= 4 is 27.5 Å². The van der Waals surface area contributed by atoms with Gasteiger partial charge in [-0.2, -0.15) is 0 Å². The molecule has 0 atom stereocenters. The second kappa shape index (κ2) is 5.71. The molecule has 2 aromatic rings. The van der Waals surface area contributed by atoms with E-state index in [9.17, 15) is 13.6 Å². The average Bonchev–Trinajstić information content (AvgIpc) is 2.35. The highest BCUT2D eigenvalue weighted by molar-refractivity contribution is 9.10. The lowest BCUT2D eigenvalue weighted by molar-refractivity contribution is 0.102. The second-order valence-electron chi connectivity index (χ2n) is 4.50. The number of hydrogen-bond donors (Lipinski definition) is 1. The van der Waals surface area contributed by atoms with Gasteiger partial charge in [0.2, 0.25) is 0 Å². The molecule has 20 heavy (non-hydrogen) atoms. The van der Waals surface area contributed by atoms with E-state index in [1.54, 1.807) is 12.1 Å². The van der Waals surface area contributed by atoms with Crippen LogP contribution in [0.2, 0.25) is 0 Å². The molecule has 0 aliphatic rings. The molecule has 104 valence electrons. The summed E-state index contributed by atoms with van der Waals surface area (Å²) < 4.78 is 27.3. The predicted octanol–water partition coefficient (Wildman–Crippen LogP) is 4.60. The van der Waals surface area contributed by atoms with Gasteiger partial charge in [0.25, 0.3) is 5.91 Å². The van der Waals surface area contributed by atoms with Gasteiger partial charge in [0.1, 0.15) is 11.6 Å². The van der Waals surface area contributed by atoms with Crippen molar-refractivity contribution in [3.05, 3.63) is 63.1 Å². The first-order valence-corrected chi connectivity index (χ1v) is 6.71. The molecular formula is C15H12BrF2NO. The first kappa shape index (κ1) is 14.7. The molecule has 0 radical (unpaired) electrons. The summed E-state index contributed by atoms with van der Waals surface area (Å²) in [7, 11) is 0. The summed E-state index contributed by atoms with van der Waals surface area (Å²) in [6, 6.07) is 6.41. The molecule has 0 saturated carbocycles. The molecule has 1 amide bonds. The number of rotatable bonds is 2. The van der Waals surface area contributed by atoms with Crippen molar-refractivity contribution in [1.82, 2.24) is 0 Å². The third kappa shape index (κ3) is 3.04. The van der Waals surface area contributed by atoms with E-state index in [1.807, 2.05) is 13.8 Å². The lowest BCUT2D eigenvalue weighted by Gasteiger charge is -2.10. The Labute approximate surface area is 123 Å². The SMILES string of the molecule is Cc1cc(NC(=O)c2ccc(F)cc2F)cc(C)c1Br. The van der Waals surface area contributed by atoms with Gasteiger partial charge in [-0.15, -0.1) is 0 Å². The number of benzene rings is 2. The monoisotopic (exact) mass is 339 g/mol. The molecule has 0 spiro atoms. The van der Waals surface area contributed by atoms with E-state index < -0.39 is 17.5 Å². The van der Waals surface area contributed by atoms with Gasteiger partial charge in [-0.25, -0.2) is 8.78 Å². The molecule has 1 N–H and O–H groups in total. The first-order valence-electron chi connectivity index (χ1n) is 5.91.